The highest BCUT2D eigenvalue weighted by molar-refractivity contribution is 6.31. The molecule has 0 saturated carbocycles. The summed E-state index contributed by atoms with van der Waals surface area (Å²) in [5, 5.41) is 0.181. The Hall–Kier alpha value is -1.36. The van der Waals surface area contributed by atoms with Crippen LogP contribution in [-0.2, 0) is 0 Å². The first-order valence-corrected chi connectivity index (χ1v) is 3.14. The molecular weight excluding hydrogens is 166 g/mol. The topological polar surface area (TPSA) is 90.2 Å². The number of hydrogen-bond acceptors (Lipinski definition) is 3. The Kier molecular flexibility index (Phi) is 2.22. The van der Waals surface area contributed by atoms with Crippen LogP contribution in [0.2, 0.25) is 5.15 Å². The minimum Gasteiger partial charge on any atom is -0.370 e. The van der Waals surface area contributed by atoms with Crippen molar-refractivity contribution in [2.24, 2.45) is 16.5 Å². The number of aromatic nitrogens is 2. The first kappa shape index (κ1) is 7.74. The summed E-state index contributed by atoms with van der Waals surface area (Å²) in [7, 11) is 0. The van der Waals surface area contributed by atoms with Gasteiger partial charge in [0.2, 0.25) is 0 Å². The zero-order valence-corrected chi connectivity index (χ0v) is 6.28. The van der Waals surface area contributed by atoms with E-state index < -0.39 is 0 Å². The van der Waals surface area contributed by atoms with Gasteiger partial charge in [0, 0.05) is 12.4 Å². The number of aliphatic imine (C=N–C) groups is 1. The quantitative estimate of drug-likeness (QED) is 0.461. The average Bonchev–Trinajstić information content (AvgIpc) is 1.93. The van der Waals surface area contributed by atoms with E-state index in [1.54, 1.807) is 0 Å². The lowest BCUT2D eigenvalue weighted by Crippen LogP contribution is -2.22. The third-order valence-corrected chi connectivity index (χ3v) is 1.14. The third-order valence-electron chi connectivity index (χ3n) is 0.871. The van der Waals surface area contributed by atoms with E-state index in [1.807, 2.05) is 0 Å². The first-order valence-electron chi connectivity index (χ1n) is 2.76. The molecule has 0 amide bonds. The summed E-state index contributed by atoms with van der Waals surface area (Å²) in [6.45, 7) is 0. The summed E-state index contributed by atoms with van der Waals surface area (Å²) in [5.74, 6) is 0.140. The summed E-state index contributed by atoms with van der Waals surface area (Å²) in [5.41, 5.74) is 10.2. The number of guanidine groups is 1. The largest absolute Gasteiger partial charge is 0.370 e. The molecule has 0 aliphatic carbocycles. The minimum absolute atomic E-state index is 0.0904. The van der Waals surface area contributed by atoms with Crippen LogP contribution in [0.25, 0.3) is 0 Å². The van der Waals surface area contributed by atoms with E-state index >= 15 is 0 Å². The first-order chi connectivity index (χ1) is 5.20. The fraction of sp³-hybridized carbons (Fsp3) is 0. The number of nitrogens with two attached hydrogens (primary N) is 2. The smallest absolute Gasteiger partial charge is 0.193 e. The number of rotatable bonds is 1. The zero-order chi connectivity index (χ0) is 8.27. The molecule has 0 unspecified atom stereocenters. The van der Waals surface area contributed by atoms with Crippen molar-refractivity contribution in [2.75, 3.05) is 0 Å². The second kappa shape index (κ2) is 3.16. The van der Waals surface area contributed by atoms with Gasteiger partial charge in [-0.15, -0.1) is 0 Å². The van der Waals surface area contributed by atoms with Crippen LogP contribution in [0.1, 0.15) is 0 Å². The fourth-order valence-corrected chi connectivity index (χ4v) is 0.658. The predicted octanol–water partition coefficient (Wildman–Crippen LogP) is 0.0349. The van der Waals surface area contributed by atoms with Crippen molar-refractivity contribution in [2.45, 2.75) is 0 Å². The molecule has 1 rings (SSSR count). The van der Waals surface area contributed by atoms with Gasteiger partial charge < -0.3 is 11.5 Å². The molecule has 58 valence electrons. The van der Waals surface area contributed by atoms with E-state index in [0.717, 1.165) is 0 Å². The monoisotopic (exact) mass is 171 g/mol. The highest BCUT2D eigenvalue weighted by Gasteiger charge is 1.98. The van der Waals surface area contributed by atoms with E-state index in [4.69, 9.17) is 23.1 Å². The lowest BCUT2D eigenvalue weighted by Gasteiger charge is -1.93. The van der Waals surface area contributed by atoms with Gasteiger partial charge in [0.1, 0.15) is 0 Å². The molecule has 0 aliphatic rings. The molecule has 6 heteroatoms. The summed E-state index contributed by atoms with van der Waals surface area (Å²) >= 11 is 5.58. The van der Waals surface area contributed by atoms with Crippen LogP contribution in [0.3, 0.4) is 0 Å². The van der Waals surface area contributed by atoms with Crippen molar-refractivity contribution < 1.29 is 0 Å². The maximum Gasteiger partial charge on any atom is 0.193 e. The fourth-order valence-electron chi connectivity index (χ4n) is 0.511. The van der Waals surface area contributed by atoms with Crippen LogP contribution >= 0.6 is 11.6 Å². The van der Waals surface area contributed by atoms with Gasteiger partial charge in [-0.1, -0.05) is 11.6 Å². The number of halogens is 1. The maximum absolute atomic E-state index is 5.58. The Balaban J connectivity index is 3.04. The molecule has 0 fully saturated rings. The standard InChI is InChI=1S/C5H6ClN5/c6-3-4(11-5(7)8)10-2-1-9-3/h1-2H,(H4,7,8,10,11). The van der Waals surface area contributed by atoms with Crippen LogP contribution in [0, 0.1) is 0 Å². The van der Waals surface area contributed by atoms with Crippen LogP contribution in [-0.4, -0.2) is 15.9 Å². The molecule has 1 aromatic heterocycles. The van der Waals surface area contributed by atoms with E-state index in [2.05, 4.69) is 15.0 Å². The molecule has 0 aliphatic heterocycles. The molecule has 0 bridgehead atoms. The van der Waals surface area contributed by atoms with Crippen molar-refractivity contribution in [1.82, 2.24) is 9.97 Å². The number of hydrogen-bond donors (Lipinski definition) is 2. The van der Waals surface area contributed by atoms with Crippen LogP contribution in [0.4, 0.5) is 5.82 Å². The molecule has 11 heavy (non-hydrogen) atoms. The molecule has 0 spiro atoms. The molecule has 0 radical (unpaired) electrons. The van der Waals surface area contributed by atoms with E-state index in [1.165, 1.54) is 12.4 Å². The zero-order valence-electron chi connectivity index (χ0n) is 5.53. The SMILES string of the molecule is NC(N)=Nc1nccnc1Cl. The lowest BCUT2D eigenvalue weighted by atomic mass is 10.7. The number of nitrogens with zero attached hydrogens (tertiary/aromatic N) is 3. The highest BCUT2D eigenvalue weighted by atomic mass is 35.5. The van der Waals surface area contributed by atoms with Crippen molar-refractivity contribution in [3.63, 3.8) is 0 Å². The predicted molar refractivity (Wildman–Crippen MR) is 42.5 cm³/mol. The van der Waals surface area contributed by atoms with Gasteiger partial charge in [-0.2, -0.15) is 4.99 Å². The molecule has 1 heterocycles. The summed E-state index contributed by atoms with van der Waals surface area (Å²) in [4.78, 5) is 11.1. The van der Waals surface area contributed by atoms with Crippen molar-refractivity contribution in [3.05, 3.63) is 17.5 Å². The summed E-state index contributed by atoms with van der Waals surface area (Å²) in [6, 6.07) is 0. The second-order valence-electron chi connectivity index (χ2n) is 1.71. The maximum atomic E-state index is 5.58. The molecule has 4 N–H and O–H groups in total. The molecule has 1 aromatic rings. The Morgan fingerprint density at radius 1 is 1.36 bits per heavy atom. The van der Waals surface area contributed by atoms with Crippen LogP contribution in [0.15, 0.2) is 17.4 Å². The van der Waals surface area contributed by atoms with Crippen molar-refractivity contribution in [3.8, 4) is 0 Å². The van der Waals surface area contributed by atoms with Gasteiger partial charge in [-0.3, -0.25) is 0 Å². The Morgan fingerprint density at radius 2 is 2.00 bits per heavy atom. The van der Waals surface area contributed by atoms with Gasteiger partial charge >= 0.3 is 0 Å². The molecule has 5 nitrogen and oxygen atoms in total. The van der Waals surface area contributed by atoms with E-state index in [0.29, 0.717) is 0 Å². The second-order valence-corrected chi connectivity index (χ2v) is 2.07. The highest BCUT2D eigenvalue weighted by Crippen LogP contribution is 2.16. The van der Waals surface area contributed by atoms with Gasteiger partial charge in [-0.05, 0) is 0 Å². The Bertz CT molecular complexity index is 280. The molecular formula is C5H6ClN5. The average molecular weight is 172 g/mol. The van der Waals surface area contributed by atoms with Crippen molar-refractivity contribution >= 4 is 23.4 Å². The van der Waals surface area contributed by atoms with Gasteiger partial charge in [0.05, 0.1) is 0 Å². The van der Waals surface area contributed by atoms with Gasteiger partial charge in [-0.25, -0.2) is 9.97 Å². The third kappa shape index (κ3) is 2.05. The van der Waals surface area contributed by atoms with Gasteiger partial charge in [0.25, 0.3) is 0 Å². The van der Waals surface area contributed by atoms with E-state index in [9.17, 15) is 0 Å². The van der Waals surface area contributed by atoms with Crippen molar-refractivity contribution in [1.29, 1.82) is 0 Å². The molecule has 0 aromatic carbocycles. The molecule has 0 saturated heterocycles. The lowest BCUT2D eigenvalue weighted by molar-refractivity contribution is 1.17. The Labute approximate surface area is 68.1 Å². The van der Waals surface area contributed by atoms with Crippen LogP contribution < -0.4 is 11.5 Å². The minimum atomic E-state index is -0.0904. The summed E-state index contributed by atoms with van der Waals surface area (Å²) < 4.78 is 0. The summed E-state index contributed by atoms with van der Waals surface area (Å²) in [6.07, 6.45) is 2.90. The van der Waals surface area contributed by atoms with E-state index in [-0.39, 0.29) is 16.9 Å². The van der Waals surface area contributed by atoms with Crippen LogP contribution in [0.5, 0.6) is 0 Å². The molecule has 0 atom stereocenters. The van der Waals surface area contributed by atoms with Gasteiger partial charge in [0.15, 0.2) is 16.9 Å². The normalized spacial score (nSPS) is 9.18. The Morgan fingerprint density at radius 3 is 2.55 bits per heavy atom.